The van der Waals surface area contributed by atoms with Gasteiger partial charge in [0.1, 0.15) is 5.82 Å². The van der Waals surface area contributed by atoms with E-state index in [1.54, 1.807) is 6.08 Å². The molecule has 2 N–H and O–H groups in total. The summed E-state index contributed by atoms with van der Waals surface area (Å²) in [7, 11) is 0. The molecule has 26 heavy (non-hydrogen) atoms. The van der Waals surface area contributed by atoms with Crippen molar-refractivity contribution >= 4 is 28.7 Å². The number of rotatable bonds is 4. The number of aromatic nitrogens is 2. The monoisotopic (exact) mass is 339 g/mol. The van der Waals surface area contributed by atoms with E-state index in [9.17, 15) is 4.79 Å². The summed E-state index contributed by atoms with van der Waals surface area (Å²) in [5, 5.41) is 2.87. The number of imidazole rings is 1. The molecule has 0 radical (unpaired) electrons. The molecule has 0 atom stereocenters. The van der Waals surface area contributed by atoms with Crippen molar-refractivity contribution < 1.29 is 4.79 Å². The zero-order valence-electron chi connectivity index (χ0n) is 14.0. The highest BCUT2D eigenvalue weighted by Gasteiger charge is 2.06. The molecular weight excluding hydrogens is 322 g/mol. The van der Waals surface area contributed by atoms with Crippen LogP contribution < -0.4 is 5.32 Å². The van der Waals surface area contributed by atoms with Gasteiger partial charge < -0.3 is 10.3 Å². The van der Waals surface area contributed by atoms with E-state index in [-0.39, 0.29) is 5.91 Å². The molecule has 1 aromatic heterocycles. The van der Waals surface area contributed by atoms with E-state index in [1.165, 1.54) is 6.08 Å². The van der Waals surface area contributed by atoms with Crippen LogP contribution in [-0.4, -0.2) is 15.9 Å². The molecule has 0 unspecified atom stereocenters. The third-order valence-electron chi connectivity index (χ3n) is 4.02. The average Bonchev–Trinajstić information content (AvgIpc) is 3.11. The number of fused-ring (bicyclic) bond motifs is 1. The highest BCUT2D eigenvalue weighted by molar-refractivity contribution is 6.02. The standard InChI is InChI=1S/C22H17N3O/c26-21(14-11-16-7-3-1-4-8-16)23-18-12-13-19-20(15-18)25-22(24-19)17-9-5-2-6-10-17/h1-15H,(H,23,26)(H,24,25)/b14-11-. The van der Waals surface area contributed by atoms with Crippen LogP contribution >= 0.6 is 0 Å². The van der Waals surface area contributed by atoms with Gasteiger partial charge in [-0.2, -0.15) is 0 Å². The van der Waals surface area contributed by atoms with Gasteiger partial charge in [0, 0.05) is 17.3 Å². The van der Waals surface area contributed by atoms with Crippen molar-refractivity contribution in [3.8, 4) is 11.4 Å². The summed E-state index contributed by atoms with van der Waals surface area (Å²) in [4.78, 5) is 20.0. The molecule has 4 rings (SSSR count). The van der Waals surface area contributed by atoms with E-state index < -0.39 is 0 Å². The lowest BCUT2D eigenvalue weighted by Crippen LogP contribution is -2.07. The van der Waals surface area contributed by atoms with Gasteiger partial charge in [-0.3, -0.25) is 4.79 Å². The number of nitrogens with zero attached hydrogens (tertiary/aromatic N) is 1. The molecule has 4 aromatic rings. The van der Waals surface area contributed by atoms with Crippen molar-refractivity contribution in [1.82, 2.24) is 9.97 Å². The minimum Gasteiger partial charge on any atom is -0.338 e. The maximum absolute atomic E-state index is 12.1. The fraction of sp³-hybridized carbons (Fsp3) is 0. The number of anilines is 1. The molecule has 0 bridgehead atoms. The topological polar surface area (TPSA) is 57.8 Å². The first-order valence-corrected chi connectivity index (χ1v) is 8.37. The van der Waals surface area contributed by atoms with Gasteiger partial charge >= 0.3 is 0 Å². The van der Waals surface area contributed by atoms with Gasteiger partial charge in [0.05, 0.1) is 11.0 Å². The molecule has 0 saturated heterocycles. The first-order valence-electron chi connectivity index (χ1n) is 8.37. The second-order valence-electron chi connectivity index (χ2n) is 5.92. The summed E-state index contributed by atoms with van der Waals surface area (Å²) in [6.45, 7) is 0. The second-order valence-corrected chi connectivity index (χ2v) is 5.92. The normalized spacial score (nSPS) is 11.1. The van der Waals surface area contributed by atoms with Crippen molar-refractivity contribution in [3.05, 3.63) is 90.5 Å². The smallest absolute Gasteiger partial charge is 0.248 e. The van der Waals surface area contributed by atoms with Crippen LogP contribution in [0.25, 0.3) is 28.5 Å². The van der Waals surface area contributed by atoms with E-state index in [4.69, 9.17) is 0 Å². The molecule has 4 nitrogen and oxygen atoms in total. The zero-order chi connectivity index (χ0) is 17.8. The Kier molecular flexibility index (Phi) is 4.31. The number of aromatic amines is 1. The van der Waals surface area contributed by atoms with Gasteiger partial charge in [0.2, 0.25) is 5.91 Å². The first kappa shape index (κ1) is 15.8. The maximum atomic E-state index is 12.1. The molecule has 1 heterocycles. The van der Waals surface area contributed by atoms with Gasteiger partial charge in [-0.25, -0.2) is 4.98 Å². The molecule has 3 aromatic carbocycles. The largest absolute Gasteiger partial charge is 0.338 e. The summed E-state index contributed by atoms with van der Waals surface area (Å²) in [6.07, 6.45) is 3.31. The first-order chi connectivity index (χ1) is 12.8. The minimum atomic E-state index is -0.174. The lowest BCUT2D eigenvalue weighted by Gasteiger charge is -2.01. The Morgan fingerprint density at radius 3 is 2.42 bits per heavy atom. The Morgan fingerprint density at radius 2 is 1.65 bits per heavy atom. The van der Waals surface area contributed by atoms with Gasteiger partial charge in [-0.15, -0.1) is 0 Å². The quantitative estimate of drug-likeness (QED) is 0.521. The van der Waals surface area contributed by atoms with Crippen LogP contribution in [0.1, 0.15) is 5.56 Å². The number of amides is 1. The predicted octanol–water partition coefficient (Wildman–Crippen LogP) is 4.88. The Morgan fingerprint density at radius 1 is 0.923 bits per heavy atom. The Balaban J connectivity index is 1.52. The molecular formula is C22H17N3O. The van der Waals surface area contributed by atoms with E-state index in [1.807, 2.05) is 78.9 Å². The van der Waals surface area contributed by atoms with Crippen molar-refractivity contribution in [3.63, 3.8) is 0 Å². The summed E-state index contributed by atoms with van der Waals surface area (Å²) in [5.74, 6) is 0.639. The third kappa shape index (κ3) is 3.54. The van der Waals surface area contributed by atoms with Crippen LogP contribution in [-0.2, 0) is 4.79 Å². The van der Waals surface area contributed by atoms with Crippen molar-refractivity contribution in [2.45, 2.75) is 0 Å². The molecule has 4 heteroatoms. The van der Waals surface area contributed by atoms with Crippen LogP contribution in [0.4, 0.5) is 5.69 Å². The number of carbonyl (C=O) groups excluding carboxylic acids is 1. The number of benzene rings is 3. The molecule has 0 fully saturated rings. The van der Waals surface area contributed by atoms with Gasteiger partial charge in [0.25, 0.3) is 0 Å². The highest BCUT2D eigenvalue weighted by Crippen LogP contribution is 2.22. The van der Waals surface area contributed by atoms with Crippen molar-refractivity contribution in [1.29, 1.82) is 0 Å². The van der Waals surface area contributed by atoms with Crippen LogP contribution in [0, 0.1) is 0 Å². The number of nitrogens with one attached hydrogen (secondary N) is 2. The SMILES string of the molecule is O=C(/C=C\c1ccccc1)Nc1ccc2[nH]c(-c3ccccc3)nc2c1. The third-order valence-corrected chi connectivity index (χ3v) is 4.02. The van der Waals surface area contributed by atoms with Crippen LogP contribution in [0.3, 0.4) is 0 Å². The van der Waals surface area contributed by atoms with Crippen molar-refractivity contribution in [2.75, 3.05) is 5.32 Å². The summed E-state index contributed by atoms with van der Waals surface area (Å²) < 4.78 is 0. The van der Waals surface area contributed by atoms with Crippen LogP contribution in [0.5, 0.6) is 0 Å². The molecule has 0 spiro atoms. The van der Waals surface area contributed by atoms with Gasteiger partial charge in [-0.05, 0) is 29.8 Å². The fourth-order valence-electron chi connectivity index (χ4n) is 2.74. The molecule has 0 saturated carbocycles. The van der Waals surface area contributed by atoms with E-state index in [2.05, 4.69) is 15.3 Å². The van der Waals surface area contributed by atoms with E-state index in [0.717, 1.165) is 28.0 Å². The summed E-state index contributed by atoms with van der Waals surface area (Å²) in [6, 6.07) is 25.3. The van der Waals surface area contributed by atoms with Crippen LogP contribution in [0.15, 0.2) is 84.9 Å². The number of carbonyl (C=O) groups is 1. The molecule has 1 amide bonds. The molecule has 0 aliphatic heterocycles. The van der Waals surface area contributed by atoms with E-state index >= 15 is 0 Å². The lowest BCUT2D eigenvalue weighted by molar-refractivity contribution is -0.111. The van der Waals surface area contributed by atoms with Crippen LogP contribution in [0.2, 0.25) is 0 Å². The lowest BCUT2D eigenvalue weighted by atomic mass is 10.2. The Bertz CT molecular complexity index is 1070. The number of H-pyrrole nitrogens is 1. The molecule has 0 aliphatic carbocycles. The zero-order valence-corrected chi connectivity index (χ0v) is 14.0. The minimum absolute atomic E-state index is 0.174. The fourth-order valence-corrected chi connectivity index (χ4v) is 2.74. The predicted molar refractivity (Wildman–Crippen MR) is 106 cm³/mol. The average molecular weight is 339 g/mol. The Hall–Kier alpha value is -3.66. The Labute approximate surface area is 151 Å². The summed E-state index contributed by atoms with van der Waals surface area (Å²) >= 11 is 0. The molecule has 126 valence electrons. The molecule has 0 aliphatic rings. The summed E-state index contributed by atoms with van der Waals surface area (Å²) in [5.41, 5.74) is 4.47. The van der Waals surface area contributed by atoms with E-state index in [0.29, 0.717) is 5.69 Å². The van der Waals surface area contributed by atoms with Crippen molar-refractivity contribution in [2.24, 2.45) is 0 Å². The number of hydrogen-bond acceptors (Lipinski definition) is 2. The van der Waals surface area contributed by atoms with Gasteiger partial charge in [0.15, 0.2) is 0 Å². The second kappa shape index (κ2) is 7.07. The van der Waals surface area contributed by atoms with Gasteiger partial charge in [-0.1, -0.05) is 60.7 Å². The highest BCUT2D eigenvalue weighted by atomic mass is 16.1. The number of hydrogen-bond donors (Lipinski definition) is 2. The maximum Gasteiger partial charge on any atom is 0.248 e.